The van der Waals surface area contributed by atoms with Crippen molar-refractivity contribution in [3.8, 4) is 0 Å². The SMILES string of the molecule is CC(C(=O)O)c1cnc2ccnn2c1. The number of hydrogen-bond donors (Lipinski definition) is 1. The smallest absolute Gasteiger partial charge is 0.310 e. The molecule has 0 aromatic carbocycles. The predicted octanol–water partition coefficient (Wildman–Crippen LogP) is 0.917. The molecule has 0 amide bonds. The lowest BCUT2D eigenvalue weighted by Crippen LogP contribution is -2.09. The van der Waals surface area contributed by atoms with Crippen molar-refractivity contribution in [3.63, 3.8) is 0 Å². The summed E-state index contributed by atoms with van der Waals surface area (Å²) in [7, 11) is 0. The van der Waals surface area contributed by atoms with Gasteiger partial charge >= 0.3 is 5.97 Å². The molecule has 0 saturated heterocycles. The third-order valence-corrected chi connectivity index (χ3v) is 2.14. The Balaban J connectivity index is 2.48. The van der Waals surface area contributed by atoms with Crippen LogP contribution in [0, 0.1) is 0 Å². The number of nitrogens with zero attached hydrogens (tertiary/aromatic N) is 3. The molecule has 0 aliphatic rings. The van der Waals surface area contributed by atoms with Crippen LogP contribution in [-0.4, -0.2) is 25.7 Å². The number of rotatable bonds is 2. The molecule has 2 aromatic heterocycles. The Labute approximate surface area is 80.0 Å². The molecule has 0 radical (unpaired) electrons. The van der Waals surface area contributed by atoms with Crippen LogP contribution in [0.25, 0.3) is 5.65 Å². The second-order valence-corrected chi connectivity index (χ2v) is 3.08. The number of carboxylic acid groups (broad SMARTS) is 1. The molecule has 0 aliphatic carbocycles. The minimum atomic E-state index is -0.863. The molecule has 2 aromatic rings. The summed E-state index contributed by atoms with van der Waals surface area (Å²) in [5.41, 5.74) is 1.36. The summed E-state index contributed by atoms with van der Waals surface area (Å²) in [6.45, 7) is 1.62. The maximum atomic E-state index is 10.7. The van der Waals surface area contributed by atoms with Gasteiger partial charge in [-0.05, 0) is 6.92 Å². The Morgan fingerprint density at radius 1 is 1.64 bits per heavy atom. The maximum Gasteiger partial charge on any atom is 0.310 e. The van der Waals surface area contributed by atoms with Crippen molar-refractivity contribution in [2.45, 2.75) is 12.8 Å². The van der Waals surface area contributed by atoms with Gasteiger partial charge in [0.15, 0.2) is 5.65 Å². The summed E-state index contributed by atoms with van der Waals surface area (Å²) in [6.07, 6.45) is 4.87. The van der Waals surface area contributed by atoms with Gasteiger partial charge in [-0.25, -0.2) is 9.50 Å². The van der Waals surface area contributed by atoms with Crippen LogP contribution in [0.3, 0.4) is 0 Å². The van der Waals surface area contributed by atoms with Crippen molar-refractivity contribution < 1.29 is 9.90 Å². The van der Waals surface area contributed by atoms with Crippen LogP contribution >= 0.6 is 0 Å². The molecule has 0 fully saturated rings. The molecule has 14 heavy (non-hydrogen) atoms. The minimum absolute atomic E-state index is 0.559. The zero-order chi connectivity index (χ0) is 10.1. The zero-order valence-corrected chi connectivity index (χ0v) is 7.58. The fourth-order valence-corrected chi connectivity index (χ4v) is 1.19. The highest BCUT2D eigenvalue weighted by molar-refractivity contribution is 5.75. The van der Waals surface area contributed by atoms with Gasteiger partial charge in [0, 0.05) is 24.0 Å². The van der Waals surface area contributed by atoms with Crippen LogP contribution in [0.5, 0.6) is 0 Å². The molecule has 2 rings (SSSR count). The molecule has 2 heterocycles. The molecule has 0 spiro atoms. The monoisotopic (exact) mass is 191 g/mol. The highest BCUT2D eigenvalue weighted by Crippen LogP contribution is 2.14. The van der Waals surface area contributed by atoms with Crippen molar-refractivity contribution in [2.24, 2.45) is 0 Å². The molecule has 72 valence electrons. The normalized spacial score (nSPS) is 12.9. The van der Waals surface area contributed by atoms with Crippen molar-refractivity contribution in [1.29, 1.82) is 0 Å². The van der Waals surface area contributed by atoms with E-state index >= 15 is 0 Å². The Kier molecular flexibility index (Phi) is 1.92. The van der Waals surface area contributed by atoms with E-state index in [4.69, 9.17) is 5.11 Å². The number of carboxylic acids is 1. The molecule has 1 unspecified atom stereocenters. The van der Waals surface area contributed by atoms with Gasteiger partial charge in [0.05, 0.1) is 12.1 Å². The van der Waals surface area contributed by atoms with E-state index in [1.54, 1.807) is 36.1 Å². The Hall–Kier alpha value is -1.91. The van der Waals surface area contributed by atoms with Gasteiger partial charge in [0.1, 0.15) is 0 Å². The molecule has 1 N–H and O–H groups in total. The summed E-state index contributed by atoms with van der Waals surface area (Å²) in [6, 6.07) is 1.76. The van der Waals surface area contributed by atoms with Crippen LogP contribution in [-0.2, 0) is 4.79 Å². The molecule has 0 bridgehead atoms. The third kappa shape index (κ3) is 1.32. The predicted molar refractivity (Wildman–Crippen MR) is 49.0 cm³/mol. The van der Waals surface area contributed by atoms with Gasteiger partial charge in [-0.15, -0.1) is 0 Å². The average Bonchev–Trinajstić information content (AvgIpc) is 2.62. The first kappa shape index (κ1) is 8.68. The lowest BCUT2D eigenvalue weighted by atomic mass is 10.1. The molecule has 5 heteroatoms. The standard InChI is InChI=1S/C9H9N3O2/c1-6(9(13)14)7-4-10-8-2-3-11-12(8)5-7/h2-6H,1H3,(H,13,14). The van der Waals surface area contributed by atoms with E-state index in [1.807, 2.05) is 0 Å². The van der Waals surface area contributed by atoms with Crippen molar-refractivity contribution >= 4 is 11.6 Å². The van der Waals surface area contributed by atoms with E-state index in [-0.39, 0.29) is 0 Å². The molecular formula is C9H9N3O2. The summed E-state index contributed by atoms with van der Waals surface area (Å²) in [4.78, 5) is 14.8. The summed E-state index contributed by atoms with van der Waals surface area (Å²) >= 11 is 0. The first-order chi connectivity index (χ1) is 6.68. The average molecular weight is 191 g/mol. The van der Waals surface area contributed by atoms with Crippen molar-refractivity contribution in [2.75, 3.05) is 0 Å². The van der Waals surface area contributed by atoms with Gasteiger partial charge in [-0.3, -0.25) is 4.79 Å². The van der Waals surface area contributed by atoms with Crippen molar-refractivity contribution in [1.82, 2.24) is 14.6 Å². The van der Waals surface area contributed by atoms with Gasteiger partial charge < -0.3 is 5.11 Å². The van der Waals surface area contributed by atoms with Gasteiger partial charge in [0.25, 0.3) is 0 Å². The Bertz CT molecular complexity index is 478. The van der Waals surface area contributed by atoms with Crippen LogP contribution in [0.1, 0.15) is 18.4 Å². The summed E-state index contributed by atoms with van der Waals surface area (Å²) in [5.74, 6) is -1.42. The van der Waals surface area contributed by atoms with Gasteiger partial charge in [0.2, 0.25) is 0 Å². The van der Waals surface area contributed by atoms with Crippen LogP contribution in [0.2, 0.25) is 0 Å². The highest BCUT2D eigenvalue weighted by atomic mass is 16.4. The number of fused-ring (bicyclic) bond motifs is 1. The highest BCUT2D eigenvalue weighted by Gasteiger charge is 2.14. The van der Waals surface area contributed by atoms with E-state index < -0.39 is 11.9 Å². The van der Waals surface area contributed by atoms with E-state index in [9.17, 15) is 4.79 Å². The van der Waals surface area contributed by atoms with Crippen molar-refractivity contribution in [3.05, 3.63) is 30.2 Å². The van der Waals surface area contributed by atoms with Crippen LogP contribution in [0.4, 0.5) is 0 Å². The number of carbonyl (C=O) groups is 1. The quantitative estimate of drug-likeness (QED) is 0.766. The second-order valence-electron chi connectivity index (χ2n) is 3.08. The molecular weight excluding hydrogens is 182 g/mol. The van der Waals surface area contributed by atoms with Crippen LogP contribution in [0.15, 0.2) is 24.7 Å². The fraction of sp³-hybridized carbons (Fsp3) is 0.222. The largest absolute Gasteiger partial charge is 0.481 e. The van der Waals surface area contributed by atoms with E-state index in [0.717, 1.165) is 0 Å². The second kappa shape index (κ2) is 3.10. The van der Waals surface area contributed by atoms with E-state index in [1.165, 1.54) is 0 Å². The van der Waals surface area contributed by atoms with E-state index in [0.29, 0.717) is 11.2 Å². The minimum Gasteiger partial charge on any atom is -0.481 e. The number of hydrogen-bond acceptors (Lipinski definition) is 3. The maximum absolute atomic E-state index is 10.7. The zero-order valence-electron chi connectivity index (χ0n) is 7.58. The fourth-order valence-electron chi connectivity index (χ4n) is 1.19. The Morgan fingerprint density at radius 3 is 3.14 bits per heavy atom. The lowest BCUT2D eigenvalue weighted by Gasteiger charge is -2.05. The molecule has 0 aliphatic heterocycles. The topological polar surface area (TPSA) is 67.5 Å². The Morgan fingerprint density at radius 2 is 2.43 bits per heavy atom. The lowest BCUT2D eigenvalue weighted by molar-refractivity contribution is -0.138. The van der Waals surface area contributed by atoms with Gasteiger partial charge in [-0.1, -0.05) is 0 Å². The molecule has 0 saturated carbocycles. The molecule has 1 atom stereocenters. The first-order valence-corrected chi connectivity index (χ1v) is 4.20. The van der Waals surface area contributed by atoms with Crippen LogP contribution < -0.4 is 0 Å². The third-order valence-electron chi connectivity index (χ3n) is 2.14. The number of aromatic nitrogens is 3. The van der Waals surface area contributed by atoms with Gasteiger partial charge in [-0.2, -0.15) is 5.10 Å². The van der Waals surface area contributed by atoms with E-state index in [2.05, 4.69) is 10.1 Å². The summed E-state index contributed by atoms with van der Waals surface area (Å²) in [5, 5.41) is 12.8. The summed E-state index contributed by atoms with van der Waals surface area (Å²) < 4.78 is 1.56. The molecule has 5 nitrogen and oxygen atoms in total. The number of aliphatic carboxylic acids is 1. The first-order valence-electron chi connectivity index (χ1n) is 4.20.